The zero-order chi connectivity index (χ0) is 13.8. The maximum absolute atomic E-state index is 12.1. The van der Waals surface area contributed by atoms with Crippen molar-refractivity contribution in [3.8, 4) is 12.3 Å². The van der Waals surface area contributed by atoms with Crippen LogP contribution in [0.4, 0.5) is 4.79 Å². The Bertz CT molecular complexity index is 367. The summed E-state index contributed by atoms with van der Waals surface area (Å²) in [6.07, 6.45) is 7.82. The average molecular weight is 251 g/mol. The number of hydrogen-bond donors (Lipinski definition) is 1. The van der Waals surface area contributed by atoms with E-state index in [1.165, 1.54) is 0 Å². The van der Waals surface area contributed by atoms with Gasteiger partial charge in [0.15, 0.2) is 5.78 Å². The number of ketones is 1. The van der Waals surface area contributed by atoms with Gasteiger partial charge in [-0.15, -0.1) is 6.42 Å². The fourth-order valence-electron chi connectivity index (χ4n) is 2.21. The molecule has 0 saturated heterocycles. The molecule has 0 atom stereocenters. The number of hydrogen-bond acceptors (Lipinski definition) is 3. The van der Waals surface area contributed by atoms with Crippen LogP contribution in [-0.2, 0) is 9.53 Å². The van der Waals surface area contributed by atoms with E-state index in [0.29, 0.717) is 12.8 Å². The zero-order valence-electron chi connectivity index (χ0n) is 11.3. The van der Waals surface area contributed by atoms with Gasteiger partial charge >= 0.3 is 6.09 Å². The summed E-state index contributed by atoms with van der Waals surface area (Å²) in [5.41, 5.74) is -1.38. The molecule has 0 aromatic heterocycles. The number of Topliss-reactive ketones (excluding diaryl/α,β-unsaturated/α-hetero) is 1. The number of carbonyl (C=O) groups is 2. The third kappa shape index (κ3) is 3.76. The molecule has 1 rings (SSSR count). The molecule has 0 radical (unpaired) electrons. The highest BCUT2D eigenvalue weighted by Gasteiger charge is 2.42. The van der Waals surface area contributed by atoms with Crippen molar-refractivity contribution in [2.75, 3.05) is 0 Å². The Kier molecular flexibility index (Phi) is 4.39. The molecule has 0 spiro atoms. The molecule has 0 aliphatic heterocycles. The maximum atomic E-state index is 12.1. The third-order valence-corrected chi connectivity index (χ3v) is 2.99. The summed E-state index contributed by atoms with van der Waals surface area (Å²) in [7, 11) is 0. The van der Waals surface area contributed by atoms with E-state index in [1.807, 2.05) is 0 Å². The molecule has 0 unspecified atom stereocenters. The molecule has 0 aromatic carbocycles. The van der Waals surface area contributed by atoms with Gasteiger partial charge in [-0.2, -0.15) is 0 Å². The summed E-state index contributed by atoms with van der Waals surface area (Å²) in [6, 6.07) is 0. The van der Waals surface area contributed by atoms with Crippen LogP contribution < -0.4 is 5.32 Å². The Hall–Kier alpha value is -1.50. The Labute approximate surface area is 108 Å². The van der Waals surface area contributed by atoms with Gasteiger partial charge in [0, 0.05) is 0 Å². The summed E-state index contributed by atoms with van der Waals surface area (Å²) in [6.45, 7) is 5.37. The second-order valence-corrected chi connectivity index (χ2v) is 5.72. The molecule has 1 fully saturated rings. The lowest BCUT2D eigenvalue weighted by Crippen LogP contribution is -2.53. The monoisotopic (exact) mass is 251 g/mol. The second kappa shape index (κ2) is 5.43. The van der Waals surface area contributed by atoms with Gasteiger partial charge in [0.05, 0.1) is 6.42 Å². The molecule has 1 N–H and O–H groups in total. The van der Waals surface area contributed by atoms with Crippen LogP contribution in [0.1, 0.15) is 52.9 Å². The lowest BCUT2D eigenvalue weighted by atomic mass is 9.90. The average Bonchev–Trinajstić information content (AvgIpc) is 2.64. The SMILES string of the molecule is C#CCC(=O)C1(NC(=O)OC(C)(C)C)CCCC1. The highest BCUT2D eigenvalue weighted by Crippen LogP contribution is 2.31. The van der Waals surface area contributed by atoms with Gasteiger partial charge in [-0.1, -0.05) is 18.8 Å². The zero-order valence-corrected chi connectivity index (χ0v) is 11.3. The molecule has 0 bridgehead atoms. The van der Waals surface area contributed by atoms with E-state index >= 15 is 0 Å². The molecule has 4 nitrogen and oxygen atoms in total. The minimum atomic E-state index is -0.811. The van der Waals surface area contributed by atoms with Crippen LogP contribution in [0.25, 0.3) is 0 Å². The predicted octanol–water partition coefficient (Wildman–Crippen LogP) is 2.42. The van der Waals surface area contributed by atoms with Crippen LogP contribution in [0.15, 0.2) is 0 Å². The number of alkyl carbamates (subject to hydrolysis) is 1. The highest BCUT2D eigenvalue weighted by atomic mass is 16.6. The van der Waals surface area contributed by atoms with E-state index in [0.717, 1.165) is 12.8 Å². The predicted molar refractivity (Wildman–Crippen MR) is 69.0 cm³/mol. The van der Waals surface area contributed by atoms with Crippen molar-refractivity contribution in [1.82, 2.24) is 5.32 Å². The molecular formula is C14H21NO3. The second-order valence-electron chi connectivity index (χ2n) is 5.72. The van der Waals surface area contributed by atoms with Gasteiger partial charge in [0.25, 0.3) is 0 Å². The summed E-state index contributed by atoms with van der Waals surface area (Å²) in [4.78, 5) is 23.8. The van der Waals surface area contributed by atoms with Crippen LogP contribution in [0.2, 0.25) is 0 Å². The van der Waals surface area contributed by atoms with Crippen molar-refractivity contribution in [3.63, 3.8) is 0 Å². The molecule has 18 heavy (non-hydrogen) atoms. The standard InChI is InChI=1S/C14H21NO3/c1-5-8-11(16)14(9-6-7-10-14)15-12(17)18-13(2,3)4/h1H,6-10H2,2-4H3,(H,15,17). The molecule has 1 aliphatic rings. The quantitative estimate of drug-likeness (QED) is 0.784. The molecule has 1 aliphatic carbocycles. The Balaban J connectivity index is 2.72. The fraction of sp³-hybridized carbons (Fsp3) is 0.714. The van der Waals surface area contributed by atoms with Gasteiger partial charge in [0.1, 0.15) is 11.1 Å². The molecular weight excluding hydrogens is 230 g/mol. The normalized spacial score (nSPS) is 17.9. The molecule has 4 heteroatoms. The van der Waals surface area contributed by atoms with Gasteiger partial charge < -0.3 is 10.1 Å². The number of carbonyl (C=O) groups excluding carboxylic acids is 2. The van der Waals surface area contributed by atoms with Crippen LogP contribution in [0, 0.1) is 12.3 Å². The Morgan fingerprint density at radius 1 is 1.33 bits per heavy atom. The minimum Gasteiger partial charge on any atom is -0.444 e. The molecule has 1 amide bonds. The largest absolute Gasteiger partial charge is 0.444 e. The van der Waals surface area contributed by atoms with Gasteiger partial charge in [0.2, 0.25) is 0 Å². The first-order chi connectivity index (χ1) is 8.29. The van der Waals surface area contributed by atoms with Crippen molar-refractivity contribution in [1.29, 1.82) is 0 Å². The molecule has 0 heterocycles. The van der Waals surface area contributed by atoms with Crippen molar-refractivity contribution in [2.45, 2.75) is 64.0 Å². The smallest absolute Gasteiger partial charge is 0.408 e. The lowest BCUT2D eigenvalue weighted by Gasteiger charge is -2.30. The van der Waals surface area contributed by atoms with E-state index in [4.69, 9.17) is 11.2 Å². The summed E-state index contributed by atoms with van der Waals surface area (Å²) < 4.78 is 5.20. The van der Waals surface area contributed by atoms with E-state index in [1.54, 1.807) is 20.8 Å². The molecule has 1 saturated carbocycles. The van der Waals surface area contributed by atoms with E-state index in [9.17, 15) is 9.59 Å². The van der Waals surface area contributed by atoms with Crippen LogP contribution >= 0.6 is 0 Å². The van der Waals surface area contributed by atoms with E-state index in [-0.39, 0.29) is 12.2 Å². The highest BCUT2D eigenvalue weighted by molar-refractivity contribution is 5.93. The topological polar surface area (TPSA) is 55.4 Å². The molecule has 100 valence electrons. The lowest BCUT2D eigenvalue weighted by molar-refractivity contribution is -0.124. The first-order valence-corrected chi connectivity index (χ1v) is 6.27. The van der Waals surface area contributed by atoms with Crippen molar-refractivity contribution < 1.29 is 14.3 Å². The van der Waals surface area contributed by atoms with Gasteiger partial charge in [-0.3, -0.25) is 4.79 Å². The Morgan fingerprint density at radius 2 is 1.89 bits per heavy atom. The number of rotatable bonds is 3. The minimum absolute atomic E-state index is 0.0514. The van der Waals surface area contributed by atoms with Crippen LogP contribution in [0.3, 0.4) is 0 Å². The first-order valence-electron chi connectivity index (χ1n) is 6.27. The van der Waals surface area contributed by atoms with Gasteiger partial charge in [-0.05, 0) is 33.6 Å². The van der Waals surface area contributed by atoms with Crippen molar-refractivity contribution >= 4 is 11.9 Å². The first kappa shape index (κ1) is 14.6. The summed E-state index contributed by atoms with van der Waals surface area (Å²) in [5.74, 6) is 2.26. The summed E-state index contributed by atoms with van der Waals surface area (Å²) in [5, 5.41) is 2.73. The van der Waals surface area contributed by atoms with Gasteiger partial charge in [-0.25, -0.2) is 4.79 Å². The third-order valence-electron chi connectivity index (χ3n) is 2.99. The number of nitrogens with one attached hydrogen (secondary N) is 1. The van der Waals surface area contributed by atoms with E-state index in [2.05, 4.69) is 11.2 Å². The van der Waals surface area contributed by atoms with Crippen molar-refractivity contribution in [2.24, 2.45) is 0 Å². The number of amides is 1. The summed E-state index contributed by atoms with van der Waals surface area (Å²) >= 11 is 0. The molecule has 0 aromatic rings. The van der Waals surface area contributed by atoms with Crippen LogP contribution in [-0.4, -0.2) is 23.0 Å². The maximum Gasteiger partial charge on any atom is 0.408 e. The fourth-order valence-corrected chi connectivity index (χ4v) is 2.21. The number of ether oxygens (including phenoxy) is 1. The number of terminal acetylenes is 1. The van der Waals surface area contributed by atoms with E-state index < -0.39 is 17.2 Å². The Morgan fingerprint density at radius 3 is 2.33 bits per heavy atom. The van der Waals surface area contributed by atoms with Crippen LogP contribution in [0.5, 0.6) is 0 Å². The van der Waals surface area contributed by atoms with Crippen molar-refractivity contribution in [3.05, 3.63) is 0 Å².